The van der Waals surface area contributed by atoms with Gasteiger partial charge in [0.1, 0.15) is 0 Å². The number of hydrogen-bond acceptors (Lipinski definition) is 0. The monoisotopic (exact) mass is 410 g/mol. The molecular weight excluding hydrogens is 360 g/mol. The van der Waals surface area contributed by atoms with Crippen LogP contribution in [0.1, 0.15) is 106 Å². The van der Waals surface area contributed by atoms with Crippen LogP contribution in [0, 0.1) is 35.0 Å². The van der Waals surface area contributed by atoms with Crippen LogP contribution in [0.2, 0.25) is 0 Å². The maximum Gasteiger partial charge on any atom is -0.0194 e. The zero-order valence-electron chi connectivity index (χ0n) is 21.3. The summed E-state index contributed by atoms with van der Waals surface area (Å²) in [6, 6.07) is 0. The lowest BCUT2D eigenvalue weighted by Gasteiger charge is -2.35. The summed E-state index contributed by atoms with van der Waals surface area (Å²) in [5.41, 5.74) is 5.15. The minimum atomic E-state index is 0.537. The van der Waals surface area contributed by atoms with Crippen LogP contribution < -0.4 is 0 Å². The highest BCUT2D eigenvalue weighted by atomic mass is 14.4. The molecule has 0 saturated heterocycles. The SMILES string of the molecule is C=C1C(C)CC(=CC=C(C)CCCC2(C)CCCC2C(C)C=CCC(C)C)CC1C. The normalized spacial score (nSPS) is 31.7. The molecule has 0 bridgehead atoms. The van der Waals surface area contributed by atoms with Crippen LogP contribution in [0.25, 0.3) is 0 Å². The Labute approximate surface area is 189 Å². The predicted molar refractivity (Wildman–Crippen MR) is 136 cm³/mol. The average Bonchev–Trinajstić information content (AvgIpc) is 3.05. The quantitative estimate of drug-likeness (QED) is 0.332. The second kappa shape index (κ2) is 11.5. The van der Waals surface area contributed by atoms with E-state index < -0.39 is 0 Å². The molecule has 0 aromatic carbocycles. The molecule has 0 amide bonds. The van der Waals surface area contributed by atoms with Gasteiger partial charge in [0.05, 0.1) is 0 Å². The maximum absolute atomic E-state index is 4.29. The first-order valence-electron chi connectivity index (χ1n) is 12.8. The zero-order valence-corrected chi connectivity index (χ0v) is 21.3. The first-order valence-corrected chi connectivity index (χ1v) is 12.8. The minimum Gasteiger partial charge on any atom is -0.0993 e. The molecule has 2 rings (SSSR count). The van der Waals surface area contributed by atoms with E-state index in [4.69, 9.17) is 0 Å². The molecule has 0 radical (unpaired) electrons. The van der Waals surface area contributed by atoms with Crippen LogP contribution in [-0.2, 0) is 0 Å². The molecule has 0 heterocycles. The van der Waals surface area contributed by atoms with Gasteiger partial charge in [-0.15, -0.1) is 0 Å². The van der Waals surface area contributed by atoms with Crippen LogP contribution in [0.3, 0.4) is 0 Å². The topological polar surface area (TPSA) is 0 Å². The highest BCUT2D eigenvalue weighted by molar-refractivity contribution is 5.24. The molecule has 0 N–H and O–H groups in total. The van der Waals surface area contributed by atoms with Crippen molar-refractivity contribution in [3.63, 3.8) is 0 Å². The minimum absolute atomic E-state index is 0.537. The Bertz CT molecular complexity index is 627. The number of rotatable bonds is 9. The molecule has 2 saturated carbocycles. The summed E-state index contributed by atoms with van der Waals surface area (Å²) in [7, 11) is 0. The van der Waals surface area contributed by atoms with Crippen molar-refractivity contribution in [1.82, 2.24) is 0 Å². The summed E-state index contributed by atoms with van der Waals surface area (Å²) in [5, 5.41) is 0. The second-order valence-corrected chi connectivity index (χ2v) is 11.5. The third-order valence-electron chi connectivity index (χ3n) is 8.17. The molecule has 0 spiro atoms. The van der Waals surface area contributed by atoms with Gasteiger partial charge in [0.15, 0.2) is 0 Å². The van der Waals surface area contributed by atoms with Gasteiger partial charge in [-0.05, 0) is 93.3 Å². The third-order valence-corrected chi connectivity index (χ3v) is 8.17. The van der Waals surface area contributed by atoms with E-state index in [9.17, 15) is 0 Å². The molecule has 30 heavy (non-hydrogen) atoms. The van der Waals surface area contributed by atoms with E-state index in [-0.39, 0.29) is 0 Å². The molecule has 0 heteroatoms. The van der Waals surface area contributed by atoms with Crippen molar-refractivity contribution in [2.45, 2.75) is 106 Å². The van der Waals surface area contributed by atoms with Crippen molar-refractivity contribution in [3.05, 3.63) is 47.6 Å². The number of hydrogen-bond donors (Lipinski definition) is 0. The largest absolute Gasteiger partial charge is 0.0993 e. The molecule has 5 unspecified atom stereocenters. The van der Waals surface area contributed by atoms with E-state index in [0.717, 1.165) is 17.8 Å². The Hall–Kier alpha value is -1.04. The molecule has 2 fully saturated rings. The van der Waals surface area contributed by atoms with Crippen molar-refractivity contribution >= 4 is 0 Å². The summed E-state index contributed by atoms with van der Waals surface area (Å²) in [5.74, 6) is 3.65. The van der Waals surface area contributed by atoms with Crippen LogP contribution >= 0.6 is 0 Å². The van der Waals surface area contributed by atoms with Crippen molar-refractivity contribution in [2.24, 2.45) is 35.0 Å². The Balaban J connectivity index is 1.85. The molecule has 0 aromatic heterocycles. The molecule has 2 aliphatic rings. The standard InChI is InChI=1S/C30H50/c1-22(2)12-9-14-24(4)29-15-11-19-30(29,8)18-10-13-23(3)16-17-28-20-25(5)27(7)26(6)21-28/h9,14,16-17,22,24-26,29H,7,10-13,15,18-21H2,1-6,8H3. The third kappa shape index (κ3) is 7.28. The molecule has 2 aliphatic carbocycles. The van der Waals surface area contributed by atoms with Gasteiger partial charge in [-0.3, -0.25) is 0 Å². The first-order chi connectivity index (χ1) is 14.1. The average molecular weight is 411 g/mol. The highest BCUT2D eigenvalue weighted by Gasteiger charge is 2.40. The summed E-state index contributed by atoms with van der Waals surface area (Å²) in [6.07, 6.45) is 21.7. The van der Waals surface area contributed by atoms with Gasteiger partial charge in [-0.25, -0.2) is 0 Å². The van der Waals surface area contributed by atoms with Gasteiger partial charge in [0, 0.05) is 0 Å². The fourth-order valence-electron chi connectivity index (χ4n) is 6.04. The molecule has 170 valence electrons. The van der Waals surface area contributed by atoms with Crippen molar-refractivity contribution in [1.29, 1.82) is 0 Å². The lowest BCUT2D eigenvalue weighted by Crippen LogP contribution is -2.26. The zero-order chi connectivity index (χ0) is 22.3. The second-order valence-electron chi connectivity index (χ2n) is 11.5. The van der Waals surface area contributed by atoms with Gasteiger partial charge in [0.2, 0.25) is 0 Å². The van der Waals surface area contributed by atoms with Crippen LogP contribution in [0.4, 0.5) is 0 Å². The van der Waals surface area contributed by atoms with E-state index in [2.05, 4.69) is 79.3 Å². The van der Waals surface area contributed by atoms with Crippen molar-refractivity contribution < 1.29 is 0 Å². The van der Waals surface area contributed by atoms with Gasteiger partial charge < -0.3 is 0 Å². The fraction of sp³-hybridized carbons (Fsp3) is 0.733. The highest BCUT2D eigenvalue weighted by Crippen LogP contribution is 2.50. The van der Waals surface area contributed by atoms with Gasteiger partial charge >= 0.3 is 0 Å². The van der Waals surface area contributed by atoms with Gasteiger partial charge in [-0.2, -0.15) is 0 Å². The van der Waals surface area contributed by atoms with E-state index in [1.807, 2.05) is 0 Å². The fourth-order valence-corrected chi connectivity index (χ4v) is 6.04. The van der Waals surface area contributed by atoms with E-state index in [1.54, 1.807) is 11.1 Å². The smallest absolute Gasteiger partial charge is 0.0194 e. The molecule has 0 nitrogen and oxygen atoms in total. The molecule has 0 aromatic rings. The Kier molecular flexibility index (Phi) is 9.70. The van der Waals surface area contributed by atoms with E-state index in [1.165, 1.54) is 63.4 Å². The summed E-state index contributed by atoms with van der Waals surface area (Å²) in [6.45, 7) is 20.9. The molecule has 0 aliphatic heterocycles. The molecule has 5 atom stereocenters. The van der Waals surface area contributed by atoms with Crippen LogP contribution in [0.15, 0.2) is 47.6 Å². The van der Waals surface area contributed by atoms with Crippen LogP contribution in [-0.4, -0.2) is 0 Å². The summed E-state index contributed by atoms with van der Waals surface area (Å²) >= 11 is 0. The molecular formula is C30H50. The maximum atomic E-state index is 4.29. The first kappa shape index (κ1) is 25.2. The Morgan fingerprint density at radius 3 is 2.47 bits per heavy atom. The predicted octanol–water partition coefficient (Wildman–Crippen LogP) is 9.70. The summed E-state index contributed by atoms with van der Waals surface area (Å²) < 4.78 is 0. The van der Waals surface area contributed by atoms with E-state index >= 15 is 0 Å². The van der Waals surface area contributed by atoms with Crippen molar-refractivity contribution in [3.8, 4) is 0 Å². The Morgan fingerprint density at radius 2 is 1.83 bits per heavy atom. The lowest BCUT2D eigenvalue weighted by molar-refractivity contribution is 0.169. The summed E-state index contributed by atoms with van der Waals surface area (Å²) in [4.78, 5) is 0. The van der Waals surface area contributed by atoms with E-state index in [0.29, 0.717) is 17.3 Å². The van der Waals surface area contributed by atoms with Crippen LogP contribution in [0.5, 0.6) is 0 Å². The number of allylic oxidation sites excluding steroid dienone is 7. The lowest BCUT2D eigenvalue weighted by atomic mass is 9.70. The van der Waals surface area contributed by atoms with Gasteiger partial charge in [-0.1, -0.05) is 95.6 Å². The van der Waals surface area contributed by atoms with Crippen molar-refractivity contribution in [2.75, 3.05) is 0 Å². The van der Waals surface area contributed by atoms with Gasteiger partial charge in [0.25, 0.3) is 0 Å². The Morgan fingerprint density at radius 1 is 1.17 bits per heavy atom.